The number of nitrogens with one attached hydrogen (secondary N) is 2. The van der Waals surface area contributed by atoms with Gasteiger partial charge in [0, 0.05) is 19.7 Å². The molecule has 27 heavy (non-hydrogen) atoms. The maximum absolute atomic E-state index is 5.73. The van der Waals surface area contributed by atoms with Gasteiger partial charge < -0.3 is 19.9 Å². The minimum Gasteiger partial charge on any atom is -0.494 e. The Bertz CT molecular complexity index is 684. The lowest BCUT2D eigenvalue weighted by Crippen LogP contribution is -2.37. The summed E-state index contributed by atoms with van der Waals surface area (Å²) in [4.78, 5) is 4.22. The van der Waals surface area contributed by atoms with E-state index in [2.05, 4.69) is 53.7 Å². The van der Waals surface area contributed by atoms with Crippen molar-refractivity contribution in [1.82, 2.24) is 15.8 Å². The van der Waals surface area contributed by atoms with Gasteiger partial charge in [-0.2, -0.15) is 0 Å². The summed E-state index contributed by atoms with van der Waals surface area (Å²) in [6.07, 6.45) is 1.99. The van der Waals surface area contributed by atoms with Gasteiger partial charge in [0.2, 0.25) is 0 Å². The van der Waals surface area contributed by atoms with Gasteiger partial charge in [0.25, 0.3) is 0 Å². The minimum atomic E-state index is 0. The van der Waals surface area contributed by atoms with Crippen molar-refractivity contribution in [2.75, 3.05) is 20.2 Å². The molecule has 1 aromatic carbocycles. The predicted octanol–water partition coefficient (Wildman–Crippen LogP) is 4.25. The summed E-state index contributed by atoms with van der Waals surface area (Å²) in [5.41, 5.74) is 2.21. The van der Waals surface area contributed by atoms with Gasteiger partial charge in [-0.25, -0.2) is 0 Å². The summed E-state index contributed by atoms with van der Waals surface area (Å²) >= 11 is 0. The average Bonchev–Trinajstić information content (AvgIpc) is 3.11. The maximum Gasteiger partial charge on any atom is 0.191 e. The molecule has 0 aliphatic carbocycles. The van der Waals surface area contributed by atoms with Gasteiger partial charge in [0.05, 0.1) is 18.8 Å². The van der Waals surface area contributed by atoms with Crippen LogP contribution in [0.2, 0.25) is 0 Å². The third-order valence-corrected chi connectivity index (χ3v) is 3.98. The van der Waals surface area contributed by atoms with E-state index in [0.717, 1.165) is 42.5 Å². The van der Waals surface area contributed by atoms with Crippen LogP contribution in [0.25, 0.3) is 0 Å². The van der Waals surface area contributed by atoms with Crippen LogP contribution in [0.5, 0.6) is 5.75 Å². The first-order valence-electron chi connectivity index (χ1n) is 9.18. The molecule has 0 spiro atoms. The van der Waals surface area contributed by atoms with Crippen LogP contribution in [0.3, 0.4) is 0 Å². The smallest absolute Gasteiger partial charge is 0.191 e. The van der Waals surface area contributed by atoms with Gasteiger partial charge in [-0.1, -0.05) is 36.7 Å². The number of ether oxygens (including phenoxy) is 1. The second kappa shape index (κ2) is 12.6. The molecule has 2 N–H and O–H groups in total. The van der Waals surface area contributed by atoms with Crippen molar-refractivity contribution in [3.05, 3.63) is 47.3 Å². The number of aromatic nitrogens is 1. The first-order chi connectivity index (χ1) is 12.6. The first-order valence-corrected chi connectivity index (χ1v) is 9.18. The summed E-state index contributed by atoms with van der Waals surface area (Å²) in [5.74, 6) is 2.86. The molecule has 0 atom stereocenters. The number of aliphatic imine (C=N–C) groups is 1. The Morgan fingerprint density at radius 3 is 2.56 bits per heavy atom. The normalized spacial score (nSPS) is 11.2. The van der Waals surface area contributed by atoms with Crippen molar-refractivity contribution < 1.29 is 9.26 Å². The van der Waals surface area contributed by atoms with E-state index in [4.69, 9.17) is 9.26 Å². The molecule has 0 amide bonds. The van der Waals surface area contributed by atoms with Crippen molar-refractivity contribution in [2.45, 2.75) is 46.1 Å². The molecule has 0 bridgehead atoms. The molecule has 2 rings (SSSR count). The molecular weight excluding hydrogens is 455 g/mol. The van der Waals surface area contributed by atoms with Crippen LogP contribution < -0.4 is 15.4 Å². The predicted molar refractivity (Wildman–Crippen MR) is 120 cm³/mol. The minimum absolute atomic E-state index is 0. The highest BCUT2D eigenvalue weighted by atomic mass is 127. The fraction of sp³-hybridized carbons (Fsp3) is 0.500. The topological polar surface area (TPSA) is 71.7 Å². The van der Waals surface area contributed by atoms with Crippen LogP contribution >= 0.6 is 24.0 Å². The molecule has 7 heteroatoms. The summed E-state index contributed by atoms with van der Waals surface area (Å²) in [5, 5.41) is 10.6. The van der Waals surface area contributed by atoms with E-state index in [1.165, 1.54) is 5.56 Å². The fourth-order valence-corrected chi connectivity index (χ4v) is 2.33. The van der Waals surface area contributed by atoms with Gasteiger partial charge in [0.1, 0.15) is 5.75 Å². The quantitative estimate of drug-likeness (QED) is 0.240. The molecule has 0 aliphatic rings. The van der Waals surface area contributed by atoms with Crippen LogP contribution in [-0.4, -0.2) is 31.3 Å². The summed E-state index contributed by atoms with van der Waals surface area (Å²) in [7, 11) is 1.76. The van der Waals surface area contributed by atoms with Crippen molar-refractivity contribution in [3.8, 4) is 5.75 Å². The second-order valence-corrected chi connectivity index (χ2v) is 6.59. The number of hydrogen-bond acceptors (Lipinski definition) is 4. The Hall–Kier alpha value is -1.77. The third-order valence-electron chi connectivity index (χ3n) is 3.98. The molecule has 6 nitrogen and oxygen atoms in total. The molecule has 1 aromatic heterocycles. The zero-order chi connectivity index (χ0) is 18.8. The zero-order valence-corrected chi connectivity index (χ0v) is 18.9. The molecule has 0 saturated heterocycles. The number of benzene rings is 1. The number of hydrogen-bond donors (Lipinski definition) is 2. The SMILES string of the molecule is CN=C(NCCCCOc1ccc(C)cc1)NCc1cc(C(C)C)no1.I. The molecule has 0 unspecified atom stereocenters. The largest absolute Gasteiger partial charge is 0.494 e. The highest BCUT2D eigenvalue weighted by Gasteiger charge is 2.08. The van der Waals surface area contributed by atoms with Crippen molar-refractivity contribution in [2.24, 2.45) is 4.99 Å². The summed E-state index contributed by atoms with van der Waals surface area (Å²) < 4.78 is 11.0. The Kier molecular flexibility index (Phi) is 10.8. The Morgan fingerprint density at radius 2 is 1.93 bits per heavy atom. The van der Waals surface area contributed by atoms with E-state index in [1.807, 2.05) is 18.2 Å². The maximum atomic E-state index is 5.73. The highest BCUT2D eigenvalue weighted by molar-refractivity contribution is 14.0. The lowest BCUT2D eigenvalue weighted by molar-refractivity contribution is 0.307. The van der Waals surface area contributed by atoms with E-state index in [9.17, 15) is 0 Å². The Morgan fingerprint density at radius 1 is 1.19 bits per heavy atom. The molecule has 2 aromatic rings. The van der Waals surface area contributed by atoms with Crippen LogP contribution in [0.4, 0.5) is 0 Å². The van der Waals surface area contributed by atoms with E-state index in [0.29, 0.717) is 19.1 Å². The molecule has 0 fully saturated rings. The van der Waals surface area contributed by atoms with Gasteiger partial charge >= 0.3 is 0 Å². The first kappa shape index (κ1) is 23.3. The molecule has 0 aliphatic heterocycles. The van der Waals surface area contributed by atoms with Gasteiger partial charge in [-0.3, -0.25) is 4.99 Å². The fourth-order valence-electron chi connectivity index (χ4n) is 2.33. The zero-order valence-electron chi connectivity index (χ0n) is 16.6. The Labute approximate surface area is 179 Å². The number of rotatable bonds is 9. The van der Waals surface area contributed by atoms with Gasteiger partial charge in [-0.05, 0) is 37.8 Å². The molecular formula is C20H31IN4O2. The third kappa shape index (κ3) is 8.64. The van der Waals surface area contributed by atoms with Crippen LogP contribution in [0.1, 0.15) is 49.6 Å². The standard InChI is InChI=1S/C20H30N4O2.HI/c1-15(2)19-13-18(26-24-19)14-23-20(21-4)22-11-5-6-12-25-17-9-7-16(3)8-10-17;/h7-10,13,15H,5-6,11-12,14H2,1-4H3,(H2,21,22,23);1H. The van der Waals surface area contributed by atoms with E-state index in [-0.39, 0.29) is 24.0 Å². The lowest BCUT2D eigenvalue weighted by atomic mass is 10.1. The number of halogens is 1. The van der Waals surface area contributed by atoms with Crippen LogP contribution in [0.15, 0.2) is 39.8 Å². The van der Waals surface area contributed by atoms with Crippen LogP contribution in [-0.2, 0) is 6.54 Å². The van der Waals surface area contributed by atoms with Gasteiger partial charge in [-0.15, -0.1) is 24.0 Å². The van der Waals surface area contributed by atoms with Gasteiger partial charge in [0.15, 0.2) is 11.7 Å². The summed E-state index contributed by atoms with van der Waals surface area (Å²) in [6.45, 7) is 8.38. The second-order valence-electron chi connectivity index (χ2n) is 6.59. The number of guanidine groups is 1. The van der Waals surface area contributed by atoms with E-state index >= 15 is 0 Å². The van der Waals surface area contributed by atoms with E-state index < -0.39 is 0 Å². The van der Waals surface area contributed by atoms with Crippen LogP contribution in [0, 0.1) is 6.92 Å². The van der Waals surface area contributed by atoms with Crippen molar-refractivity contribution >= 4 is 29.9 Å². The molecule has 1 heterocycles. The number of unbranched alkanes of at least 4 members (excludes halogenated alkanes) is 1. The number of aryl methyl sites for hydroxylation is 1. The highest BCUT2D eigenvalue weighted by Crippen LogP contribution is 2.14. The number of nitrogens with zero attached hydrogens (tertiary/aromatic N) is 2. The van der Waals surface area contributed by atoms with Crippen molar-refractivity contribution in [1.29, 1.82) is 0 Å². The van der Waals surface area contributed by atoms with Crippen molar-refractivity contribution in [3.63, 3.8) is 0 Å². The monoisotopic (exact) mass is 486 g/mol. The summed E-state index contributed by atoms with van der Waals surface area (Å²) in [6, 6.07) is 10.1. The lowest BCUT2D eigenvalue weighted by Gasteiger charge is -2.11. The molecule has 150 valence electrons. The average molecular weight is 486 g/mol. The Balaban J connectivity index is 0.00000364. The molecule has 0 radical (unpaired) electrons. The van der Waals surface area contributed by atoms with E-state index in [1.54, 1.807) is 7.05 Å². The molecule has 0 saturated carbocycles.